The number of anilines is 1. The predicted octanol–water partition coefficient (Wildman–Crippen LogP) is 3.16. The third-order valence-electron chi connectivity index (χ3n) is 3.75. The molecule has 1 amide bonds. The van der Waals surface area contributed by atoms with Crippen LogP contribution in [0.3, 0.4) is 0 Å². The minimum atomic E-state index is -0.353. The summed E-state index contributed by atoms with van der Waals surface area (Å²) >= 11 is 0. The second kappa shape index (κ2) is 10.2. The SMILES string of the molecule is CCOC(=O)c1ccc(NCCC(=O)NCCc2ccccc2F)cc1. The number of nitrogens with one attached hydrogen (secondary N) is 2. The highest BCUT2D eigenvalue weighted by Crippen LogP contribution is 2.10. The van der Waals surface area contributed by atoms with E-state index in [4.69, 9.17) is 4.74 Å². The van der Waals surface area contributed by atoms with Crippen LogP contribution in [0, 0.1) is 5.82 Å². The molecule has 0 radical (unpaired) electrons. The fourth-order valence-corrected chi connectivity index (χ4v) is 2.39. The number of rotatable bonds is 9. The summed E-state index contributed by atoms with van der Waals surface area (Å²) in [6.07, 6.45) is 0.762. The zero-order valence-corrected chi connectivity index (χ0v) is 14.8. The van der Waals surface area contributed by atoms with Gasteiger partial charge < -0.3 is 15.4 Å². The van der Waals surface area contributed by atoms with Gasteiger partial charge in [-0.15, -0.1) is 0 Å². The van der Waals surface area contributed by atoms with E-state index in [0.717, 1.165) is 5.69 Å². The van der Waals surface area contributed by atoms with Gasteiger partial charge in [-0.25, -0.2) is 9.18 Å². The molecule has 2 aromatic carbocycles. The molecule has 0 aromatic heterocycles. The van der Waals surface area contributed by atoms with E-state index < -0.39 is 0 Å². The Morgan fingerprint density at radius 3 is 2.46 bits per heavy atom. The molecule has 0 aliphatic rings. The second-order valence-electron chi connectivity index (χ2n) is 5.67. The molecule has 138 valence electrons. The summed E-state index contributed by atoms with van der Waals surface area (Å²) in [6.45, 7) is 2.96. The van der Waals surface area contributed by atoms with E-state index >= 15 is 0 Å². The molecule has 5 nitrogen and oxygen atoms in total. The molecule has 2 aromatic rings. The average Bonchev–Trinajstić information content (AvgIpc) is 2.64. The maximum absolute atomic E-state index is 13.5. The van der Waals surface area contributed by atoms with E-state index in [1.54, 1.807) is 49.4 Å². The van der Waals surface area contributed by atoms with Crippen LogP contribution in [0.15, 0.2) is 48.5 Å². The average molecular weight is 358 g/mol. The van der Waals surface area contributed by atoms with Crippen molar-refractivity contribution in [2.24, 2.45) is 0 Å². The van der Waals surface area contributed by atoms with Gasteiger partial charge in [0.25, 0.3) is 0 Å². The maximum Gasteiger partial charge on any atom is 0.338 e. The van der Waals surface area contributed by atoms with Crippen molar-refractivity contribution in [1.82, 2.24) is 5.32 Å². The van der Waals surface area contributed by atoms with Crippen LogP contribution in [0.4, 0.5) is 10.1 Å². The van der Waals surface area contributed by atoms with Crippen molar-refractivity contribution < 1.29 is 18.7 Å². The maximum atomic E-state index is 13.5. The predicted molar refractivity (Wildman–Crippen MR) is 98.6 cm³/mol. The summed E-state index contributed by atoms with van der Waals surface area (Å²) in [6, 6.07) is 13.4. The highest BCUT2D eigenvalue weighted by molar-refractivity contribution is 5.89. The van der Waals surface area contributed by atoms with Crippen molar-refractivity contribution in [3.8, 4) is 0 Å². The second-order valence-corrected chi connectivity index (χ2v) is 5.67. The van der Waals surface area contributed by atoms with Crippen molar-refractivity contribution in [3.05, 3.63) is 65.5 Å². The Kier molecular flexibility index (Phi) is 7.61. The van der Waals surface area contributed by atoms with Gasteiger partial charge in [0.05, 0.1) is 12.2 Å². The van der Waals surface area contributed by atoms with Crippen LogP contribution in [0.2, 0.25) is 0 Å². The minimum Gasteiger partial charge on any atom is -0.462 e. The molecule has 0 saturated carbocycles. The van der Waals surface area contributed by atoms with Gasteiger partial charge in [-0.1, -0.05) is 18.2 Å². The van der Waals surface area contributed by atoms with Crippen molar-refractivity contribution in [3.63, 3.8) is 0 Å². The van der Waals surface area contributed by atoms with Gasteiger partial charge in [-0.3, -0.25) is 4.79 Å². The molecule has 0 aliphatic heterocycles. The lowest BCUT2D eigenvalue weighted by Crippen LogP contribution is -2.27. The summed E-state index contributed by atoms with van der Waals surface area (Å²) < 4.78 is 18.4. The first-order chi connectivity index (χ1) is 12.6. The van der Waals surface area contributed by atoms with Crippen LogP contribution in [0.5, 0.6) is 0 Å². The van der Waals surface area contributed by atoms with E-state index in [-0.39, 0.29) is 17.7 Å². The molecule has 0 heterocycles. The fraction of sp³-hybridized carbons (Fsp3) is 0.300. The first-order valence-corrected chi connectivity index (χ1v) is 8.61. The lowest BCUT2D eigenvalue weighted by atomic mass is 10.1. The molecule has 0 spiro atoms. The first kappa shape index (κ1) is 19.4. The number of hydrogen-bond acceptors (Lipinski definition) is 4. The van der Waals surface area contributed by atoms with Crippen molar-refractivity contribution in [1.29, 1.82) is 0 Å². The highest BCUT2D eigenvalue weighted by Gasteiger charge is 2.06. The third-order valence-corrected chi connectivity index (χ3v) is 3.75. The summed E-state index contributed by atoms with van der Waals surface area (Å²) in [5, 5.41) is 5.89. The zero-order chi connectivity index (χ0) is 18.8. The molecule has 0 bridgehead atoms. The van der Waals surface area contributed by atoms with Crippen LogP contribution in [0.25, 0.3) is 0 Å². The van der Waals surface area contributed by atoms with Crippen LogP contribution in [-0.2, 0) is 16.0 Å². The molecule has 26 heavy (non-hydrogen) atoms. The van der Waals surface area contributed by atoms with Crippen LogP contribution >= 0.6 is 0 Å². The number of halogens is 1. The number of carbonyl (C=O) groups excluding carboxylic acids is 2. The van der Waals surface area contributed by atoms with Crippen LogP contribution < -0.4 is 10.6 Å². The highest BCUT2D eigenvalue weighted by atomic mass is 19.1. The van der Waals surface area contributed by atoms with Gasteiger partial charge in [0.2, 0.25) is 5.91 Å². The third kappa shape index (κ3) is 6.20. The van der Waals surface area contributed by atoms with Gasteiger partial charge >= 0.3 is 5.97 Å². The molecule has 0 unspecified atom stereocenters. The Hall–Kier alpha value is -2.89. The molecule has 2 N–H and O–H groups in total. The molecular weight excluding hydrogens is 335 g/mol. The molecule has 2 rings (SSSR count). The Balaban J connectivity index is 1.66. The Morgan fingerprint density at radius 1 is 1.04 bits per heavy atom. The van der Waals surface area contributed by atoms with Gasteiger partial charge in [0, 0.05) is 25.2 Å². The van der Waals surface area contributed by atoms with E-state index in [9.17, 15) is 14.0 Å². The molecule has 0 atom stereocenters. The molecular formula is C20H23FN2O3. The number of amides is 1. The monoisotopic (exact) mass is 358 g/mol. The number of esters is 1. The lowest BCUT2D eigenvalue weighted by Gasteiger charge is -2.09. The molecule has 0 aliphatic carbocycles. The van der Waals surface area contributed by atoms with Gasteiger partial charge in [-0.05, 0) is 49.2 Å². The summed E-state index contributed by atoms with van der Waals surface area (Å²) in [4.78, 5) is 23.4. The number of ether oxygens (including phenoxy) is 1. The van der Waals surface area contributed by atoms with Gasteiger partial charge in [0.1, 0.15) is 5.82 Å². The van der Waals surface area contributed by atoms with Crippen LogP contribution in [0.1, 0.15) is 29.3 Å². The fourth-order valence-electron chi connectivity index (χ4n) is 2.39. The van der Waals surface area contributed by atoms with E-state index in [1.807, 2.05) is 0 Å². The summed E-state index contributed by atoms with van der Waals surface area (Å²) in [5.41, 5.74) is 1.90. The Labute approximate surface area is 152 Å². The Bertz CT molecular complexity index is 732. The van der Waals surface area contributed by atoms with Crippen LogP contribution in [-0.4, -0.2) is 31.6 Å². The van der Waals surface area contributed by atoms with E-state index in [1.165, 1.54) is 6.07 Å². The normalized spacial score (nSPS) is 10.2. The topological polar surface area (TPSA) is 67.4 Å². The summed E-state index contributed by atoms with van der Waals surface area (Å²) in [7, 11) is 0. The molecule has 0 fully saturated rings. The zero-order valence-electron chi connectivity index (χ0n) is 14.8. The van der Waals surface area contributed by atoms with Gasteiger partial charge in [-0.2, -0.15) is 0 Å². The lowest BCUT2D eigenvalue weighted by molar-refractivity contribution is -0.120. The largest absolute Gasteiger partial charge is 0.462 e. The van der Waals surface area contributed by atoms with E-state index in [2.05, 4.69) is 10.6 Å². The number of carbonyl (C=O) groups is 2. The van der Waals surface area contributed by atoms with E-state index in [0.29, 0.717) is 43.7 Å². The summed E-state index contributed by atoms with van der Waals surface area (Å²) in [5.74, 6) is -0.708. The van der Waals surface area contributed by atoms with Gasteiger partial charge in [0.15, 0.2) is 0 Å². The number of benzene rings is 2. The van der Waals surface area contributed by atoms with Crippen molar-refractivity contribution >= 4 is 17.6 Å². The van der Waals surface area contributed by atoms with Crippen molar-refractivity contribution in [2.45, 2.75) is 19.8 Å². The smallest absolute Gasteiger partial charge is 0.338 e. The first-order valence-electron chi connectivity index (χ1n) is 8.61. The Morgan fingerprint density at radius 2 is 1.77 bits per heavy atom. The standard InChI is InChI=1S/C20H23FN2O3/c1-2-26-20(25)16-7-9-17(10-8-16)22-14-12-19(24)23-13-11-15-5-3-4-6-18(15)21/h3-10,22H,2,11-14H2,1H3,(H,23,24). The molecule has 0 saturated heterocycles. The van der Waals surface area contributed by atoms with Crippen molar-refractivity contribution in [2.75, 3.05) is 25.0 Å². The molecule has 6 heteroatoms. The number of hydrogen-bond donors (Lipinski definition) is 2. The quantitative estimate of drug-likeness (QED) is 0.676. The minimum absolute atomic E-state index is 0.100.